The molecule has 1 unspecified atom stereocenters. The molecule has 2 nitrogen and oxygen atoms in total. The first kappa shape index (κ1) is 15.4. The molecule has 21 heavy (non-hydrogen) atoms. The van der Waals surface area contributed by atoms with Crippen LogP contribution in [-0.2, 0) is 6.42 Å². The van der Waals surface area contributed by atoms with E-state index in [1.807, 2.05) is 6.92 Å². The van der Waals surface area contributed by atoms with E-state index in [4.69, 9.17) is 18.0 Å². The summed E-state index contributed by atoms with van der Waals surface area (Å²) < 4.78 is 26.1. The molecule has 0 saturated carbocycles. The van der Waals surface area contributed by atoms with Crippen molar-refractivity contribution in [3.63, 3.8) is 0 Å². The van der Waals surface area contributed by atoms with Crippen molar-refractivity contribution in [3.8, 4) is 0 Å². The van der Waals surface area contributed by atoms with Crippen LogP contribution in [0, 0.1) is 11.6 Å². The molecule has 3 N–H and O–H groups in total. The van der Waals surface area contributed by atoms with Gasteiger partial charge in [0.25, 0.3) is 0 Å². The second kappa shape index (κ2) is 6.63. The van der Waals surface area contributed by atoms with E-state index in [1.165, 1.54) is 24.3 Å². The van der Waals surface area contributed by atoms with Gasteiger partial charge < -0.3 is 11.1 Å². The summed E-state index contributed by atoms with van der Waals surface area (Å²) >= 11 is 4.94. The average Bonchev–Trinajstić information content (AvgIpc) is 2.43. The molecule has 2 rings (SSSR count). The Morgan fingerprint density at radius 3 is 2.38 bits per heavy atom. The largest absolute Gasteiger partial charge is 0.389 e. The smallest absolute Gasteiger partial charge is 0.124 e. The van der Waals surface area contributed by atoms with Crippen molar-refractivity contribution in [2.24, 2.45) is 5.73 Å². The lowest BCUT2D eigenvalue weighted by atomic mass is 10.1. The predicted octanol–water partition coefficient (Wildman–Crippen LogP) is 3.64. The summed E-state index contributed by atoms with van der Waals surface area (Å²) in [6, 6.07) is 10.7. The molecule has 0 aromatic heterocycles. The van der Waals surface area contributed by atoms with Crippen molar-refractivity contribution < 1.29 is 8.78 Å². The Hall–Kier alpha value is -2.01. The van der Waals surface area contributed by atoms with Gasteiger partial charge in [0.1, 0.15) is 16.6 Å². The van der Waals surface area contributed by atoms with Crippen LogP contribution >= 0.6 is 12.2 Å². The molecule has 2 aromatic carbocycles. The number of hydrogen-bond donors (Lipinski definition) is 2. The third-order valence-electron chi connectivity index (χ3n) is 3.10. The van der Waals surface area contributed by atoms with Crippen LogP contribution in [0.4, 0.5) is 14.5 Å². The highest BCUT2D eigenvalue weighted by Gasteiger charge is 2.10. The number of hydrogen-bond acceptors (Lipinski definition) is 2. The Morgan fingerprint density at radius 2 is 1.76 bits per heavy atom. The maximum Gasteiger partial charge on any atom is 0.124 e. The van der Waals surface area contributed by atoms with E-state index >= 15 is 0 Å². The zero-order chi connectivity index (χ0) is 15.4. The van der Waals surface area contributed by atoms with Crippen LogP contribution in [0.25, 0.3) is 0 Å². The third kappa shape index (κ3) is 4.23. The van der Waals surface area contributed by atoms with Crippen molar-refractivity contribution in [2.75, 3.05) is 5.32 Å². The van der Waals surface area contributed by atoms with Gasteiger partial charge in [0.05, 0.1) is 0 Å². The maximum absolute atomic E-state index is 13.3. The SMILES string of the molecule is CC(Cc1ccc(F)cc1)Nc1ccc(F)cc1C(N)=S. The van der Waals surface area contributed by atoms with Gasteiger partial charge in [-0.1, -0.05) is 24.4 Å². The minimum atomic E-state index is -0.380. The van der Waals surface area contributed by atoms with Crippen molar-refractivity contribution >= 4 is 22.9 Å². The van der Waals surface area contributed by atoms with Gasteiger partial charge in [-0.3, -0.25) is 0 Å². The monoisotopic (exact) mass is 306 g/mol. The first-order valence-corrected chi connectivity index (χ1v) is 6.97. The summed E-state index contributed by atoms with van der Waals surface area (Å²) in [5.41, 5.74) is 7.80. The predicted molar refractivity (Wildman–Crippen MR) is 85.5 cm³/mol. The molecule has 110 valence electrons. The van der Waals surface area contributed by atoms with E-state index in [0.29, 0.717) is 17.7 Å². The molecule has 0 heterocycles. The zero-order valence-corrected chi connectivity index (χ0v) is 12.4. The minimum Gasteiger partial charge on any atom is -0.389 e. The Bertz CT molecular complexity index is 641. The van der Waals surface area contributed by atoms with Crippen LogP contribution in [-0.4, -0.2) is 11.0 Å². The zero-order valence-electron chi connectivity index (χ0n) is 11.6. The minimum absolute atomic E-state index is 0.0639. The summed E-state index contributed by atoms with van der Waals surface area (Å²) in [4.78, 5) is 0.144. The lowest BCUT2D eigenvalue weighted by molar-refractivity contribution is 0.626. The van der Waals surface area contributed by atoms with E-state index in [1.54, 1.807) is 18.2 Å². The van der Waals surface area contributed by atoms with E-state index in [-0.39, 0.29) is 22.7 Å². The summed E-state index contributed by atoms with van der Waals surface area (Å²) in [7, 11) is 0. The molecule has 0 bridgehead atoms. The summed E-state index contributed by atoms with van der Waals surface area (Å²) in [6.45, 7) is 1.98. The van der Waals surface area contributed by atoms with Gasteiger partial charge in [-0.05, 0) is 49.2 Å². The number of nitrogens with two attached hydrogens (primary N) is 1. The third-order valence-corrected chi connectivity index (χ3v) is 3.32. The molecule has 0 radical (unpaired) electrons. The Kier molecular flexibility index (Phi) is 4.85. The molecule has 0 aliphatic heterocycles. The lowest BCUT2D eigenvalue weighted by Gasteiger charge is -2.18. The molecule has 5 heteroatoms. The fourth-order valence-corrected chi connectivity index (χ4v) is 2.31. The first-order chi connectivity index (χ1) is 9.95. The quantitative estimate of drug-likeness (QED) is 0.828. The van der Waals surface area contributed by atoms with Crippen molar-refractivity contribution in [1.29, 1.82) is 0 Å². The molecular formula is C16H16F2N2S. The number of benzene rings is 2. The van der Waals surface area contributed by atoms with Gasteiger partial charge in [0, 0.05) is 17.3 Å². The number of anilines is 1. The highest BCUT2D eigenvalue weighted by molar-refractivity contribution is 7.80. The van der Waals surface area contributed by atoms with Crippen LogP contribution in [0.2, 0.25) is 0 Å². The molecule has 2 aromatic rings. The van der Waals surface area contributed by atoms with Crippen LogP contribution < -0.4 is 11.1 Å². The van der Waals surface area contributed by atoms with Gasteiger partial charge in [-0.15, -0.1) is 0 Å². The van der Waals surface area contributed by atoms with E-state index in [2.05, 4.69) is 5.32 Å². The standard InChI is InChI=1S/C16H16F2N2S/c1-10(8-11-2-4-12(17)5-3-11)20-15-7-6-13(18)9-14(15)16(19)21/h2-7,9-10,20H,8H2,1H3,(H2,19,21). The summed E-state index contributed by atoms with van der Waals surface area (Å²) in [5, 5.41) is 3.25. The molecular weight excluding hydrogens is 290 g/mol. The fourth-order valence-electron chi connectivity index (χ4n) is 2.14. The van der Waals surface area contributed by atoms with Crippen LogP contribution in [0.15, 0.2) is 42.5 Å². The lowest BCUT2D eigenvalue weighted by Crippen LogP contribution is -2.21. The topological polar surface area (TPSA) is 38.0 Å². The van der Waals surface area contributed by atoms with Crippen LogP contribution in [0.5, 0.6) is 0 Å². The molecule has 0 aliphatic carbocycles. The highest BCUT2D eigenvalue weighted by atomic mass is 32.1. The maximum atomic E-state index is 13.3. The van der Waals surface area contributed by atoms with Gasteiger partial charge in [-0.2, -0.15) is 0 Å². The van der Waals surface area contributed by atoms with Gasteiger partial charge >= 0.3 is 0 Å². The average molecular weight is 306 g/mol. The highest BCUT2D eigenvalue weighted by Crippen LogP contribution is 2.19. The number of nitrogens with one attached hydrogen (secondary N) is 1. The van der Waals surface area contributed by atoms with Crippen LogP contribution in [0.1, 0.15) is 18.1 Å². The van der Waals surface area contributed by atoms with Crippen LogP contribution in [0.3, 0.4) is 0 Å². The first-order valence-electron chi connectivity index (χ1n) is 6.56. The summed E-state index contributed by atoms with van der Waals surface area (Å²) in [5.74, 6) is -0.636. The number of rotatable bonds is 5. The molecule has 1 atom stereocenters. The Labute approximate surface area is 128 Å². The number of halogens is 2. The fraction of sp³-hybridized carbons (Fsp3) is 0.188. The van der Waals surface area contributed by atoms with E-state index in [0.717, 1.165) is 5.56 Å². The molecule has 0 aliphatic rings. The molecule has 0 amide bonds. The summed E-state index contributed by atoms with van der Waals surface area (Å²) in [6.07, 6.45) is 0.703. The Balaban J connectivity index is 2.10. The van der Waals surface area contributed by atoms with Crippen molar-refractivity contribution in [3.05, 3.63) is 65.2 Å². The normalized spacial score (nSPS) is 12.0. The number of thiocarbonyl (C=S) groups is 1. The van der Waals surface area contributed by atoms with E-state index < -0.39 is 0 Å². The van der Waals surface area contributed by atoms with Crippen molar-refractivity contribution in [2.45, 2.75) is 19.4 Å². The molecule has 0 saturated heterocycles. The second-order valence-electron chi connectivity index (χ2n) is 4.93. The van der Waals surface area contributed by atoms with Gasteiger partial charge in [0.15, 0.2) is 0 Å². The molecule has 0 spiro atoms. The Morgan fingerprint density at radius 1 is 1.14 bits per heavy atom. The molecule has 0 fully saturated rings. The van der Waals surface area contributed by atoms with Gasteiger partial charge in [0.2, 0.25) is 0 Å². The van der Waals surface area contributed by atoms with E-state index in [9.17, 15) is 8.78 Å². The second-order valence-corrected chi connectivity index (χ2v) is 5.37. The van der Waals surface area contributed by atoms with Gasteiger partial charge in [-0.25, -0.2) is 8.78 Å². The van der Waals surface area contributed by atoms with Crippen molar-refractivity contribution in [1.82, 2.24) is 0 Å².